The predicted molar refractivity (Wildman–Crippen MR) is 86.2 cm³/mol. The van der Waals surface area contributed by atoms with Gasteiger partial charge in [-0.05, 0) is 34.9 Å². The molecule has 0 fully saturated rings. The molecule has 0 saturated carbocycles. The smallest absolute Gasteiger partial charge is 0.214 e. The topological polar surface area (TPSA) is 43.6 Å². The Balaban J connectivity index is 1.82. The van der Waals surface area contributed by atoms with Crippen molar-refractivity contribution in [1.29, 1.82) is 0 Å². The molecule has 4 nitrogen and oxygen atoms in total. The molecule has 2 aromatic heterocycles. The van der Waals surface area contributed by atoms with E-state index in [0.717, 1.165) is 16.5 Å². The maximum absolute atomic E-state index is 14.0. The molecular weight excluding hydrogens is 310 g/mol. The van der Waals surface area contributed by atoms with Crippen molar-refractivity contribution in [2.45, 2.75) is 6.54 Å². The van der Waals surface area contributed by atoms with Gasteiger partial charge in [-0.1, -0.05) is 29.5 Å². The number of pyridine rings is 1. The van der Waals surface area contributed by atoms with Crippen LogP contribution in [0.3, 0.4) is 0 Å². The fourth-order valence-electron chi connectivity index (χ4n) is 2.71. The first-order chi connectivity index (χ1) is 11.7. The number of hydrogen-bond acceptors (Lipinski definition) is 3. The molecule has 24 heavy (non-hydrogen) atoms. The molecular formula is C18H12F2N4. The molecule has 0 atom stereocenters. The Morgan fingerprint density at radius 3 is 2.54 bits per heavy atom. The summed E-state index contributed by atoms with van der Waals surface area (Å²) in [6.45, 7) is 0.528. The van der Waals surface area contributed by atoms with Gasteiger partial charge >= 0.3 is 0 Å². The van der Waals surface area contributed by atoms with E-state index in [1.807, 2.05) is 18.2 Å². The molecule has 2 aromatic carbocycles. The Bertz CT molecular complexity index is 996. The van der Waals surface area contributed by atoms with Crippen molar-refractivity contribution in [2.75, 3.05) is 0 Å². The maximum Gasteiger partial charge on any atom is 0.214 e. The molecule has 0 saturated heterocycles. The van der Waals surface area contributed by atoms with Gasteiger partial charge in [0.25, 0.3) is 0 Å². The first-order valence-corrected chi connectivity index (χ1v) is 7.38. The molecule has 6 heteroatoms. The van der Waals surface area contributed by atoms with Gasteiger partial charge < -0.3 is 0 Å². The lowest BCUT2D eigenvalue weighted by atomic mass is 10.00. The number of benzene rings is 2. The van der Waals surface area contributed by atoms with Crippen LogP contribution in [-0.4, -0.2) is 20.0 Å². The van der Waals surface area contributed by atoms with Gasteiger partial charge in [0.05, 0.1) is 18.3 Å². The first kappa shape index (κ1) is 14.4. The lowest BCUT2D eigenvalue weighted by molar-refractivity contribution is 0.589. The van der Waals surface area contributed by atoms with Crippen LogP contribution in [0.5, 0.6) is 0 Å². The molecule has 0 N–H and O–H groups in total. The number of halogens is 2. The molecule has 0 radical (unpaired) electrons. The highest BCUT2D eigenvalue weighted by Crippen LogP contribution is 2.29. The molecule has 0 spiro atoms. The summed E-state index contributed by atoms with van der Waals surface area (Å²) in [5.41, 5.74) is 2.92. The molecule has 2 heterocycles. The zero-order valence-electron chi connectivity index (χ0n) is 12.5. The highest BCUT2D eigenvalue weighted by atomic mass is 19.1. The van der Waals surface area contributed by atoms with E-state index in [4.69, 9.17) is 0 Å². The second-order valence-corrected chi connectivity index (χ2v) is 5.45. The van der Waals surface area contributed by atoms with E-state index in [9.17, 15) is 8.78 Å². The highest BCUT2D eigenvalue weighted by Gasteiger charge is 2.09. The Morgan fingerprint density at radius 1 is 0.958 bits per heavy atom. The standard InChI is InChI=1S/C18H12F2N4/c19-14-4-2-13(3-5-14)16-10-18(20)22-17-9-12(1-6-15(16)17)11-24-8-7-21-23-24/h1-10H,11H2. The van der Waals surface area contributed by atoms with Gasteiger partial charge in [0.1, 0.15) is 5.82 Å². The molecule has 0 unspecified atom stereocenters. The second-order valence-electron chi connectivity index (χ2n) is 5.45. The average Bonchev–Trinajstić information content (AvgIpc) is 3.07. The zero-order valence-corrected chi connectivity index (χ0v) is 12.5. The minimum absolute atomic E-state index is 0.326. The van der Waals surface area contributed by atoms with Gasteiger partial charge in [0.2, 0.25) is 5.95 Å². The molecule has 4 rings (SSSR count). The van der Waals surface area contributed by atoms with E-state index < -0.39 is 5.95 Å². The minimum atomic E-state index is -0.570. The minimum Gasteiger partial charge on any atom is -0.248 e. The largest absolute Gasteiger partial charge is 0.248 e. The van der Waals surface area contributed by atoms with Crippen LogP contribution in [0.1, 0.15) is 5.56 Å². The van der Waals surface area contributed by atoms with Crippen molar-refractivity contribution in [1.82, 2.24) is 20.0 Å². The van der Waals surface area contributed by atoms with Crippen molar-refractivity contribution in [3.8, 4) is 11.1 Å². The summed E-state index contributed by atoms with van der Waals surface area (Å²) >= 11 is 0. The van der Waals surface area contributed by atoms with Gasteiger partial charge in [0.15, 0.2) is 0 Å². The first-order valence-electron chi connectivity index (χ1n) is 7.38. The van der Waals surface area contributed by atoms with Crippen molar-refractivity contribution < 1.29 is 8.78 Å². The number of nitrogens with zero attached hydrogens (tertiary/aromatic N) is 4. The third-order valence-corrected chi connectivity index (χ3v) is 3.81. The number of hydrogen-bond donors (Lipinski definition) is 0. The third-order valence-electron chi connectivity index (χ3n) is 3.81. The SMILES string of the molecule is Fc1ccc(-c2cc(F)nc3cc(Cn4ccnn4)ccc23)cc1. The molecule has 118 valence electrons. The van der Waals surface area contributed by atoms with E-state index >= 15 is 0 Å². The van der Waals surface area contributed by atoms with E-state index in [1.54, 1.807) is 29.2 Å². The number of fused-ring (bicyclic) bond motifs is 1. The highest BCUT2D eigenvalue weighted by molar-refractivity contribution is 5.94. The molecule has 4 aromatic rings. The Hall–Kier alpha value is -3.15. The summed E-state index contributed by atoms with van der Waals surface area (Å²) in [5.74, 6) is -0.896. The summed E-state index contributed by atoms with van der Waals surface area (Å²) in [6.07, 6.45) is 3.36. The van der Waals surface area contributed by atoms with Crippen LogP contribution in [-0.2, 0) is 6.54 Å². The maximum atomic E-state index is 14.0. The number of rotatable bonds is 3. The summed E-state index contributed by atoms with van der Waals surface area (Å²) in [4.78, 5) is 3.98. The van der Waals surface area contributed by atoms with E-state index in [2.05, 4.69) is 15.3 Å². The monoisotopic (exact) mass is 322 g/mol. The summed E-state index contributed by atoms with van der Waals surface area (Å²) < 4.78 is 28.8. The van der Waals surface area contributed by atoms with Crippen LogP contribution in [0.15, 0.2) is 60.9 Å². The fraction of sp³-hybridized carbons (Fsp3) is 0.0556. The van der Waals surface area contributed by atoms with Crippen LogP contribution in [0.4, 0.5) is 8.78 Å². The van der Waals surface area contributed by atoms with Gasteiger partial charge in [0, 0.05) is 17.6 Å². The van der Waals surface area contributed by atoms with Gasteiger partial charge in [-0.15, -0.1) is 5.10 Å². The lowest BCUT2D eigenvalue weighted by Crippen LogP contribution is -2.01. The van der Waals surface area contributed by atoms with Crippen molar-refractivity contribution in [3.05, 3.63) is 78.3 Å². The van der Waals surface area contributed by atoms with Gasteiger partial charge in [-0.25, -0.2) is 14.1 Å². The number of aromatic nitrogens is 4. The van der Waals surface area contributed by atoms with Crippen molar-refractivity contribution in [3.63, 3.8) is 0 Å². The van der Waals surface area contributed by atoms with E-state index in [0.29, 0.717) is 17.6 Å². The van der Waals surface area contributed by atoms with Crippen LogP contribution in [0.2, 0.25) is 0 Å². The zero-order chi connectivity index (χ0) is 16.5. The quantitative estimate of drug-likeness (QED) is 0.539. The fourth-order valence-corrected chi connectivity index (χ4v) is 2.71. The molecule has 0 aliphatic carbocycles. The van der Waals surface area contributed by atoms with Crippen molar-refractivity contribution >= 4 is 10.9 Å². The van der Waals surface area contributed by atoms with Crippen LogP contribution in [0, 0.1) is 11.8 Å². The van der Waals surface area contributed by atoms with E-state index in [-0.39, 0.29) is 5.82 Å². The Labute approximate surface area is 136 Å². The predicted octanol–water partition coefficient (Wildman–Crippen LogP) is 3.82. The Kier molecular flexibility index (Phi) is 3.49. The second kappa shape index (κ2) is 5.81. The Morgan fingerprint density at radius 2 is 1.79 bits per heavy atom. The normalized spacial score (nSPS) is 11.1. The average molecular weight is 322 g/mol. The molecule has 0 aliphatic heterocycles. The summed E-state index contributed by atoms with van der Waals surface area (Å²) in [7, 11) is 0. The van der Waals surface area contributed by atoms with Crippen LogP contribution < -0.4 is 0 Å². The lowest BCUT2D eigenvalue weighted by Gasteiger charge is -2.09. The van der Waals surface area contributed by atoms with Crippen LogP contribution in [0.25, 0.3) is 22.0 Å². The molecule has 0 bridgehead atoms. The van der Waals surface area contributed by atoms with Gasteiger partial charge in [-0.3, -0.25) is 0 Å². The molecule has 0 amide bonds. The van der Waals surface area contributed by atoms with Crippen LogP contribution >= 0.6 is 0 Å². The van der Waals surface area contributed by atoms with Gasteiger partial charge in [-0.2, -0.15) is 4.39 Å². The summed E-state index contributed by atoms with van der Waals surface area (Å²) in [6, 6.07) is 13.0. The third kappa shape index (κ3) is 2.74. The van der Waals surface area contributed by atoms with E-state index in [1.165, 1.54) is 18.2 Å². The summed E-state index contributed by atoms with van der Waals surface area (Å²) in [5, 5.41) is 8.49. The molecule has 0 aliphatic rings. The van der Waals surface area contributed by atoms with Crippen molar-refractivity contribution in [2.24, 2.45) is 0 Å².